The van der Waals surface area contributed by atoms with Crippen LogP contribution in [0.1, 0.15) is 168 Å². The molecule has 11 heteroatoms. The molecular formula is C36H68O10P-. The highest BCUT2D eigenvalue weighted by molar-refractivity contribution is 7.45. The number of phosphoric ester groups is 1. The van der Waals surface area contributed by atoms with E-state index in [1.165, 1.54) is 77.0 Å². The normalized spacial score (nSPS) is 14.2. The Balaban J connectivity index is 4.34. The van der Waals surface area contributed by atoms with Gasteiger partial charge < -0.3 is 33.6 Å². The Hall–Kier alpha value is -1.29. The second-order valence-electron chi connectivity index (χ2n) is 12.6. The van der Waals surface area contributed by atoms with Gasteiger partial charge in [0, 0.05) is 12.8 Å². The molecule has 0 saturated carbocycles. The average Bonchev–Trinajstić information content (AvgIpc) is 3.05. The van der Waals surface area contributed by atoms with Gasteiger partial charge in [-0.05, 0) is 38.5 Å². The molecule has 0 radical (unpaired) electrons. The smallest absolute Gasteiger partial charge is 0.306 e. The molecule has 0 aromatic rings. The van der Waals surface area contributed by atoms with E-state index < -0.39 is 51.8 Å². The number of carbonyl (C=O) groups excluding carboxylic acids is 2. The number of esters is 2. The molecule has 0 aromatic heterocycles. The Morgan fingerprint density at radius 3 is 1.55 bits per heavy atom. The van der Waals surface area contributed by atoms with Crippen LogP contribution >= 0.6 is 7.82 Å². The van der Waals surface area contributed by atoms with Crippen LogP contribution in [0.4, 0.5) is 0 Å². The fraction of sp³-hybridized carbons (Fsp3) is 0.889. The number of rotatable bonds is 35. The molecule has 0 aliphatic rings. The summed E-state index contributed by atoms with van der Waals surface area (Å²) in [7, 11) is -4.85. The van der Waals surface area contributed by atoms with Gasteiger partial charge in [0.2, 0.25) is 0 Å². The monoisotopic (exact) mass is 691 g/mol. The van der Waals surface area contributed by atoms with Crippen LogP contribution in [0.15, 0.2) is 12.2 Å². The SMILES string of the molecule is CCCCCCCC/C=C\CCCCCCCC(=O)OC[C@H](COP(=O)([O-])OC[C@@H](O)CO)OC(=O)CCCCCCCCCCC. The Bertz CT molecular complexity index is 807. The van der Waals surface area contributed by atoms with Gasteiger partial charge in [0.1, 0.15) is 12.7 Å². The molecule has 3 atom stereocenters. The van der Waals surface area contributed by atoms with Crippen molar-refractivity contribution in [2.24, 2.45) is 0 Å². The van der Waals surface area contributed by atoms with Crippen LogP contribution in [-0.4, -0.2) is 60.8 Å². The van der Waals surface area contributed by atoms with Crippen molar-refractivity contribution >= 4 is 19.8 Å². The second-order valence-corrected chi connectivity index (χ2v) is 14.0. The fourth-order valence-electron chi connectivity index (χ4n) is 4.98. The van der Waals surface area contributed by atoms with E-state index >= 15 is 0 Å². The molecule has 2 N–H and O–H groups in total. The number of carbonyl (C=O) groups is 2. The van der Waals surface area contributed by atoms with Crippen molar-refractivity contribution in [2.45, 2.75) is 180 Å². The third kappa shape index (κ3) is 33.0. The maximum absolute atomic E-state index is 12.5. The molecule has 0 bridgehead atoms. The number of ether oxygens (including phenoxy) is 2. The molecular weight excluding hydrogens is 623 g/mol. The summed E-state index contributed by atoms with van der Waals surface area (Å²) in [4.78, 5) is 36.8. The largest absolute Gasteiger partial charge is 0.756 e. The third-order valence-electron chi connectivity index (χ3n) is 7.91. The van der Waals surface area contributed by atoms with Gasteiger partial charge in [-0.1, -0.05) is 129 Å². The molecule has 278 valence electrons. The van der Waals surface area contributed by atoms with Gasteiger partial charge in [0.15, 0.2) is 6.10 Å². The van der Waals surface area contributed by atoms with E-state index in [9.17, 15) is 24.2 Å². The predicted molar refractivity (Wildman–Crippen MR) is 185 cm³/mol. The van der Waals surface area contributed by atoms with Crippen molar-refractivity contribution in [3.8, 4) is 0 Å². The molecule has 0 aliphatic heterocycles. The van der Waals surface area contributed by atoms with Crippen LogP contribution in [0.3, 0.4) is 0 Å². The minimum atomic E-state index is -4.85. The predicted octanol–water partition coefficient (Wildman–Crippen LogP) is 8.25. The van der Waals surface area contributed by atoms with Crippen LogP contribution in [-0.2, 0) is 32.7 Å². The number of aliphatic hydroxyl groups excluding tert-OH is 2. The summed E-state index contributed by atoms with van der Waals surface area (Å²) in [5, 5.41) is 18.2. The summed E-state index contributed by atoms with van der Waals surface area (Å²) in [6.45, 7) is 2.14. The summed E-state index contributed by atoms with van der Waals surface area (Å²) in [5.41, 5.74) is 0. The summed E-state index contributed by atoms with van der Waals surface area (Å²) in [6, 6.07) is 0. The lowest BCUT2D eigenvalue weighted by Gasteiger charge is -2.26. The summed E-state index contributed by atoms with van der Waals surface area (Å²) in [5.74, 6) is -0.970. The van der Waals surface area contributed by atoms with Crippen molar-refractivity contribution in [2.75, 3.05) is 26.4 Å². The number of hydrogen-bond donors (Lipinski definition) is 2. The Morgan fingerprint density at radius 2 is 1.06 bits per heavy atom. The lowest BCUT2D eigenvalue weighted by Crippen LogP contribution is -2.30. The summed E-state index contributed by atoms with van der Waals surface area (Å²) < 4.78 is 32.1. The van der Waals surface area contributed by atoms with Gasteiger partial charge in [-0.2, -0.15) is 0 Å². The maximum atomic E-state index is 12.5. The van der Waals surface area contributed by atoms with Gasteiger partial charge >= 0.3 is 11.9 Å². The van der Waals surface area contributed by atoms with Gasteiger partial charge in [-0.15, -0.1) is 0 Å². The van der Waals surface area contributed by atoms with Gasteiger partial charge in [0.25, 0.3) is 7.82 Å². The zero-order valence-electron chi connectivity index (χ0n) is 29.7. The average molecular weight is 692 g/mol. The molecule has 0 spiro atoms. The van der Waals surface area contributed by atoms with E-state index in [1.54, 1.807) is 0 Å². The van der Waals surface area contributed by atoms with Crippen LogP contribution < -0.4 is 4.89 Å². The Morgan fingerprint density at radius 1 is 0.638 bits per heavy atom. The fourth-order valence-corrected chi connectivity index (χ4v) is 5.76. The summed E-state index contributed by atoms with van der Waals surface area (Å²) >= 11 is 0. The molecule has 0 rings (SSSR count). The van der Waals surface area contributed by atoms with Crippen LogP contribution in [0.5, 0.6) is 0 Å². The van der Waals surface area contributed by atoms with E-state index in [0.29, 0.717) is 12.8 Å². The van der Waals surface area contributed by atoms with E-state index in [1.807, 2.05) is 0 Å². The van der Waals surface area contributed by atoms with Crippen molar-refractivity contribution in [1.82, 2.24) is 0 Å². The highest BCUT2D eigenvalue weighted by Gasteiger charge is 2.21. The van der Waals surface area contributed by atoms with E-state index in [-0.39, 0.29) is 19.4 Å². The molecule has 0 fully saturated rings. The molecule has 10 nitrogen and oxygen atoms in total. The Kier molecular flexibility index (Phi) is 32.3. The van der Waals surface area contributed by atoms with Crippen LogP contribution in [0, 0.1) is 0 Å². The van der Waals surface area contributed by atoms with Crippen LogP contribution in [0.25, 0.3) is 0 Å². The van der Waals surface area contributed by atoms with Crippen molar-refractivity contribution < 1.29 is 47.8 Å². The molecule has 0 aromatic carbocycles. The standard InChI is InChI=1S/C36H69O10P/c1-3-5-7-9-11-13-14-15-16-17-18-20-21-23-25-27-35(39)43-31-34(32-45-47(41,42)44-30-33(38)29-37)46-36(40)28-26-24-22-19-12-10-8-6-4-2/h15-16,33-34,37-38H,3-14,17-32H2,1-2H3,(H,41,42)/p-1/b16-15-/t33-,34+/m0/s1. The zero-order chi connectivity index (χ0) is 34.9. The number of aliphatic hydroxyl groups is 2. The van der Waals surface area contributed by atoms with Gasteiger partial charge in [-0.25, -0.2) is 0 Å². The molecule has 0 heterocycles. The topological polar surface area (TPSA) is 152 Å². The maximum Gasteiger partial charge on any atom is 0.306 e. The van der Waals surface area contributed by atoms with E-state index in [0.717, 1.165) is 51.4 Å². The first-order chi connectivity index (χ1) is 22.7. The lowest BCUT2D eigenvalue weighted by atomic mass is 10.1. The molecule has 1 unspecified atom stereocenters. The summed E-state index contributed by atoms with van der Waals surface area (Å²) in [6.07, 6.45) is 27.4. The number of phosphoric acid groups is 1. The molecule has 47 heavy (non-hydrogen) atoms. The van der Waals surface area contributed by atoms with Crippen LogP contribution in [0.2, 0.25) is 0 Å². The minimum absolute atomic E-state index is 0.170. The first kappa shape index (κ1) is 45.7. The van der Waals surface area contributed by atoms with Crippen molar-refractivity contribution in [1.29, 1.82) is 0 Å². The van der Waals surface area contributed by atoms with Gasteiger partial charge in [-0.3, -0.25) is 14.2 Å². The minimum Gasteiger partial charge on any atom is -0.756 e. The number of hydrogen-bond acceptors (Lipinski definition) is 10. The molecule has 0 saturated heterocycles. The van der Waals surface area contributed by atoms with Gasteiger partial charge in [0.05, 0.1) is 19.8 Å². The molecule has 0 aliphatic carbocycles. The molecule has 0 amide bonds. The number of allylic oxidation sites excluding steroid dienone is 2. The quantitative estimate of drug-likeness (QED) is 0.0288. The highest BCUT2D eigenvalue weighted by atomic mass is 31.2. The van der Waals surface area contributed by atoms with E-state index in [4.69, 9.17) is 19.1 Å². The third-order valence-corrected chi connectivity index (χ3v) is 8.84. The first-order valence-corrected chi connectivity index (χ1v) is 20.1. The number of unbranched alkanes of at least 4 members (excludes halogenated alkanes) is 19. The zero-order valence-corrected chi connectivity index (χ0v) is 30.6. The van der Waals surface area contributed by atoms with Crippen molar-refractivity contribution in [3.63, 3.8) is 0 Å². The first-order valence-electron chi connectivity index (χ1n) is 18.6. The van der Waals surface area contributed by atoms with E-state index in [2.05, 4.69) is 30.5 Å². The highest BCUT2D eigenvalue weighted by Crippen LogP contribution is 2.38. The Labute approximate surface area is 286 Å². The van der Waals surface area contributed by atoms with Crippen molar-refractivity contribution in [3.05, 3.63) is 12.2 Å². The second kappa shape index (κ2) is 33.2. The lowest BCUT2D eigenvalue weighted by molar-refractivity contribution is -0.230.